The Balaban J connectivity index is 1.95. The van der Waals surface area contributed by atoms with E-state index in [-0.39, 0.29) is 28.0 Å². The maximum atomic E-state index is 12.8. The van der Waals surface area contributed by atoms with Gasteiger partial charge in [-0.15, -0.1) is 11.8 Å². The van der Waals surface area contributed by atoms with Crippen molar-refractivity contribution >= 4 is 23.6 Å². The van der Waals surface area contributed by atoms with Crippen LogP contribution in [0.2, 0.25) is 0 Å². The van der Waals surface area contributed by atoms with Crippen molar-refractivity contribution in [2.45, 2.75) is 56.3 Å². The molecule has 1 aromatic carbocycles. The molecule has 1 fully saturated rings. The third-order valence-electron chi connectivity index (χ3n) is 4.55. The lowest BCUT2D eigenvalue weighted by Crippen LogP contribution is -2.54. The molecule has 0 aromatic heterocycles. The first-order chi connectivity index (χ1) is 10.4. The third kappa shape index (κ3) is 2.22. The summed E-state index contributed by atoms with van der Waals surface area (Å²) in [7, 11) is 0. The molecule has 5 heteroatoms. The van der Waals surface area contributed by atoms with Crippen molar-refractivity contribution < 1.29 is 9.59 Å². The molecule has 2 heterocycles. The highest BCUT2D eigenvalue weighted by Gasteiger charge is 2.57. The number of nitrogens with one attached hydrogen (secondary N) is 1. The molecule has 4 nitrogen and oxygen atoms in total. The normalized spacial score (nSPS) is 26.5. The molecule has 2 aliphatic heterocycles. The topological polar surface area (TPSA) is 49.4 Å². The molecule has 2 amide bonds. The fourth-order valence-electron chi connectivity index (χ4n) is 3.23. The molecule has 3 atom stereocenters. The van der Waals surface area contributed by atoms with E-state index in [2.05, 4.69) is 5.32 Å². The van der Waals surface area contributed by atoms with Gasteiger partial charge in [0.15, 0.2) is 0 Å². The highest BCUT2D eigenvalue weighted by atomic mass is 32.2. The fourth-order valence-corrected chi connectivity index (χ4v) is 4.82. The number of nitrogens with zero attached hydrogens (tertiary/aromatic N) is 1. The van der Waals surface area contributed by atoms with E-state index in [1.54, 1.807) is 16.7 Å². The number of rotatable bonds is 3. The largest absolute Gasteiger partial charge is 0.352 e. The van der Waals surface area contributed by atoms with E-state index in [9.17, 15) is 9.59 Å². The monoisotopic (exact) mass is 318 g/mol. The van der Waals surface area contributed by atoms with E-state index in [1.807, 2.05) is 52.0 Å². The van der Waals surface area contributed by atoms with E-state index in [0.717, 1.165) is 17.5 Å². The maximum absolute atomic E-state index is 12.8. The van der Waals surface area contributed by atoms with Crippen LogP contribution >= 0.6 is 11.8 Å². The van der Waals surface area contributed by atoms with Gasteiger partial charge in [-0.3, -0.25) is 9.59 Å². The van der Waals surface area contributed by atoms with Crippen molar-refractivity contribution in [1.29, 1.82) is 0 Å². The van der Waals surface area contributed by atoms with Gasteiger partial charge in [0.1, 0.15) is 11.4 Å². The summed E-state index contributed by atoms with van der Waals surface area (Å²) in [6, 6.07) is 7.37. The summed E-state index contributed by atoms with van der Waals surface area (Å²) >= 11 is 1.70. The lowest BCUT2D eigenvalue weighted by atomic mass is 10.00. The summed E-state index contributed by atoms with van der Waals surface area (Å²) in [5, 5.41) is 2.99. The predicted octanol–water partition coefficient (Wildman–Crippen LogP) is 2.95. The van der Waals surface area contributed by atoms with Crippen LogP contribution in [0.25, 0.3) is 0 Å². The Morgan fingerprint density at radius 3 is 2.77 bits per heavy atom. The number of carbonyl (C=O) groups excluding carboxylic acids is 2. The van der Waals surface area contributed by atoms with Gasteiger partial charge < -0.3 is 10.2 Å². The molecule has 22 heavy (non-hydrogen) atoms. The highest BCUT2D eigenvalue weighted by Crippen LogP contribution is 2.56. The van der Waals surface area contributed by atoms with Crippen molar-refractivity contribution in [2.75, 3.05) is 0 Å². The van der Waals surface area contributed by atoms with Crippen LogP contribution in [0.15, 0.2) is 24.3 Å². The van der Waals surface area contributed by atoms with Crippen molar-refractivity contribution in [3.05, 3.63) is 35.4 Å². The van der Waals surface area contributed by atoms with Gasteiger partial charge in [-0.1, -0.05) is 25.1 Å². The zero-order valence-electron chi connectivity index (χ0n) is 13.4. The van der Waals surface area contributed by atoms with Crippen molar-refractivity contribution in [3.63, 3.8) is 0 Å². The van der Waals surface area contributed by atoms with Crippen LogP contribution in [0, 0.1) is 0 Å². The van der Waals surface area contributed by atoms with Gasteiger partial charge in [-0.25, -0.2) is 0 Å². The number of hydrogen-bond acceptors (Lipinski definition) is 3. The summed E-state index contributed by atoms with van der Waals surface area (Å²) in [5.74, 6) is -0.0708. The van der Waals surface area contributed by atoms with Gasteiger partial charge in [0.05, 0.1) is 0 Å². The Hall–Kier alpha value is -1.49. The molecule has 0 radical (unpaired) electrons. The van der Waals surface area contributed by atoms with Gasteiger partial charge >= 0.3 is 0 Å². The summed E-state index contributed by atoms with van der Waals surface area (Å²) in [5.41, 5.74) is 1.77. The minimum absolute atomic E-state index is 0.0250. The molecular weight excluding hydrogens is 296 g/mol. The van der Waals surface area contributed by atoms with E-state index in [1.165, 1.54) is 0 Å². The molecule has 0 bridgehead atoms. The Morgan fingerprint density at radius 2 is 2.09 bits per heavy atom. The standard InChI is InChI=1S/C17H22N2O2S/c1-5-10(2)18-14(20)13-17(3,4)22-16-12-9-7-6-8-11(12)15(21)19(13)16/h6-10,13,16H,5H2,1-4H3,(H,18,20)/t10-,13+,16+/m0/s1. The van der Waals surface area contributed by atoms with Crippen LogP contribution in [0.4, 0.5) is 0 Å². The van der Waals surface area contributed by atoms with Crippen LogP contribution in [0.1, 0.15) is 55.4 Å². The first kappa shape index (κ1) is 15.4. The minimum atomic E-state index is -0.434. The van der Waals surface area contributed by atoms with Crippen molar-refractivity contribution in [1.82, 2.24) is 10.2 Å². The van der Waals surface area contributed by atoms with Gasteiger partial charge in [-0.2, -0.15) is 0 Å². The Kier molecular flexibility index (Phi) is 3.71. The number of hydrogen-bond donors (Lipinski definition) is 1. The number of fused-ring (bicyclic) bond motifs is 3. The molecule has 0 saturated carbocycles. The maximum Gasteiger partial charge on any atom is 0.256 e. The molecular formula is C17H22N2O2S. The first-order valence-electron chi connectivity index (χ1n) is 7.76. The number of benzene rings is 1. The average molecular weight is 318 g/mol. The minimum Gasteiger partial charge on any atom is -0.352 e. The Labute approximate surface area is 135 Å². The van der Waals surface area contributed by atoms with E-state index in [0.29, 0.717) is 0 Å². The SMILES string of the molecule is CC[C@H](C)NC(=O)[C@H]1N2C(=O)c3ccccc3[C@H]2SC1(C)C. The smallest absolute Gasteiger partial charge is 0.256 e. The molecule has 1 N–H and O–H groups in total. The lowest BCUT2D eigenvalue weighted by Gasteiger charge is -2.30. The second-order valence-corrected chi connectivity index (χ2v) is 8.33. The van der Waals surface area contributed by atoms with Crippen LogP contribution in [0.5, 0.6) is 0 Å². The van der Waals surface area contributed by atoms with E-state index < -0.39 is 6.04 Å². The molecule has 2 aliphatic rings. The third-order valence-corrected chi connectivity index (χ3v) is 6.08. The zero-order chi connectivity index (χ0) is 16.1. The molecule has 0 spiro atoms. The zero-order valence-corrected chi connectivity index (χ0v) is 14.2. The number of carbonyl (C=O) groups is 2. The average Bonchev–Trinajstić information content (AvgIpc) is 2.90. The van der Waals surface area contributed by atoms with Crippen molar-refractivity contribution in [2.24, 2.45) is 0 Å². The van der Waals surface area contributed by atoms with Crippen molar-refractivity contribution in [3.8, 4) is 0 Å². The number of thioether (sulfide) groups is 1. The first-order valence-corrected chi connectivity index (χ1v) is 8.64. The summed E-state index contributed by atoms with van der Waals surface area (Å²) in [6.45, 7) is 8.13. The van der Waals surface area contributed by atoms with Crippen LogP contribution < -0.4 is 5.32 Å². The predicted molar refractivity (Wildman–Crippen MR) is 88.7 cm³/mol. The van der Waals surface area contributed by atoms with Gasteiger partial charge in [0.25, 0.3) is 5.91 Å². The Morgan fingerprint density at radius 1 is 1.41 bits per heavy atom. The Bertz CT molecular complexity index is 629. The molecule has 0 unspecified atom stereocenters. The van der Waals surface area contributed by atoms with Crippen LogP contribution in [-0.2, 0) is 4.79 Å². The lowest BCUT2D eigenvalue weighted by molar-refractivity contribution is -0.126. The second-order valence-electron chi connectivity index (χ2n) is 6.59. The van der Waals surface area contributed by atoms with E-state index >= 15 is 0 Å². The summed E-state index contributed by atoms with van der Waals surface area (Å²) < 4.78 is -0.300. The fraction of sp³-hybridized carbons (Fsp3) is 0.529. The molecule has 1 saturated heterocycles. The van der Waals surface area contributed by atoms with Gasteiger partial charge in [0.2, 0.25) is 5.91 Å². The molecule has 118 valence electrons. The second kappa shape index (κ2) is 5.30. The molecule has 1 aromatic rings. The van der Waals surface area contributed by atoms with Gasteiger partial charge in [0, 0.05) is 16.4 Å². The molecule has 3 rings (SSSR count). The highest BCUT2D eigenvalue weighted by molar-refractivity contribution is 8.01. The van der Waals surface area contributed by atoms with Crippen LogP contribution in [0.3, 0.4) is 0 Å². The summed E-state index contributed by atoms with van der Waals surface area (Å²) in [6.07, 6.45) is 0.879. The van der Waals surface area contributed by atoms with E-state index in [4.69, 9.17) is 0 Å². The van der Waals surface area contributed by atoms with Crippen LogP contribution in [-0.4, -0.2) is 33.5 Å². The number of amides is 2. The molecule has 0 aliphatic carbocycles. The summed E-state index contributed by atoms with van der Waals surface area (Å²) in [4.78, 5) is 27.3. The quantitative estimate of drug-likeness (QED) is 0.932. The van der Waals surface area contributed by atoms with Gasteiger partial charge in [-0.05, 0) is 38.8 Å².